The van der Waals surface area contributed by atoms with Crippen LogP contribution >= 0.6 is 15.9 Å². The van der Waals surface area contributed by atoms with Crippen molar-refractivity contribution in [2.75, 3.05) is 0 Å². The number of rotatable bonds is 0. The lowest BCUT2D eigenvalue weighted by Gasteiger charge is -2.08. The number of nitrogens with zero attached hydrogens (tertiary/aromatic N) is 3. The summed E-state index contributed by atoms with van der Waals surface area (Å²) in [7, 11) is 0. The first kappa shape index (κ1) is 10.3. The molecule has 0 radical (unpaired) electrons. The summed E-state index contributed by atoms with van der Waals surface area (Å²) < 4.78 is 3.16. The third kappa shape index (κ3) is 1.75. The van der Waals surface area contributed by atoms with E-state index in [-0.39, 0.29) is 0 Å². The van der Waals surface area contributed by atoms with Gasteiger partial charge in [0.15, 0.2) is 0 Å². The van der Waals surface area contributed by atoms with E-state index in [1.165, 1.54) is 37.1 Å². The number of aryl methyl sites for hydroxylation is 2. The molecule has 0 saturated carbocycles. The summed E-state index contributed by atoms with van der Waals surface area (Å²) in [6.07, 6.45) is 11.3. The van der Waals surface area contributed by atoms with Crippen LogP contribution in [0, 0.1) is 0 Å². The minimum atomic E-state index is 0.843. The Bertz CT molecular complexity index is 518. The van der Waals surface area contributed by atoms with Gasteiger partial charge in [-0.1, -0.05) is 12.8 Å². The Hall–Kier alpha value is -0.900. The average molecular weight is 280 g/mol. The van der Waals surface area contributed by atoms with Crippen LogP contribution < -0.4 is 0 Å². The third-order valence-electron chi connectivity index (χ3n) is 3.21. The van der Waals surface area contributed by atoms with Crippen LogP contribution in [0.3, 0.4) is 0 Å². The van der Waals surface area contributed by atoms with Gasteiger partial charge >= 0.3 is 0 Å². The summed E-state index contributed by atoms with van der Waals surface area (Å²) >= 11 is 3.47. The predicted molar refractivity (Wildman–Crippen MR) is 66.6 cm³/mol. The minimum absolute atomic E-state index is 0.843. The maximum atomic E-state index is 4.63. The summed E-state index contributed by atoms with van der Waals surface area (Å²) in [5.41, 5.74) is 2.62. The third-order valence-corrected chi connectivity index (χ3v) is 3.62. The van der Waals surface area contributed by atoms with E-state index in [1.54, 1.807) is 0 Å². The van der Waals surface area contributed by atoms with E-state index in [1.807, 2.05) is 6.20 Å². The highest BCUT2D eigenvalue weighted by Crippen LogP contribution is 2.21. The second kappa shape index (κ2) is 4.17. The minimum Gasteiger partial charge on any atom is -0.287 e. The Morgan fingerprint density at radius 1 is 1.12 bits per heavy atom. The first-order chi connectivity index (χ1) is 7.84. The van der Waals surface area contributed by atoms with E-state index in [0.717, 1.165) is 23.1 Å². The molecule has 3 rings (SSSR count). The van der Waals surface area contributed by atoms with Crippen LogP contribution in [0.15, 0.2) is 16.9 Å². The molecule has 0 unspecified atom stereocenters. The van der Waals surface area contributed by atoms with E-state index in [4.69, 9.17) is 0 Å². The van der Waals surface area contributed by atoms with Crippen molar-refractivity contribution < 1.29 is 0 Å². The highest BCUT2D eigenvalue weighted by Gasteiger charge is 2.14. The van der Waals surface area contributed by atoms with Gasteiger partial charge in [-0.15, -0.1) is 0 Å². The first-order valence-electron chi connectivity index (χ1n) is 5.86. The van der Waals surface area contributed by atoms with Gasteiger partial charge in [0.25, 0.3) is 0 Å². The fourth-order valence-electron chi connectivity index (χ4n) is 2.41. The van der Waals surface area contributed by atoms with Gasteiger partial charge in [-0.25, -0.2) is 9.97 Å². The van der Waals surface area contributed by atoms with E-state index in [2.05, 4.69) is 36.5 Å². The Labute approximate surface area is 103 Å². The SMILES string of the molecule is Brc1cnc2nc3c(n2c1)CCCCCC3. The van der Waals surface area contributed by atoms with Crippen LogP contribution in [0.4, 0.5) is 0 Å². The molecule has 1 aliphatic carbocycles. The number of fused-ring (bicyclic) bond motifs is 3. The van der Waals surface area contributed by atoms with Crippen LogP contribution in [-0.2, 0) is 12.8 Å². The molecule has 0 bridgehead atoms. The van der Waals surface area contributed by atoms with Crippen molar-refractivity contribution in [1.29, 1.82) is 0 Å². The van der Waals surface area contributed by atoms with Crippen molar-refractivity contribution in [2.24, 2.45) is 0 Å². The fraction of sp³-hybridized carbons (Fsp3) is 0.500. The molecule has 3 nitrogen and oxygen atoms in total. The monoisotopic (exact) mass is 279 g/mol. The van der Waals surface area contributed by atoms with Crippen molar-refractivity contribution in [1.82, 2.24) is 14.4 Å². The van der Waals surface area contributed by atoms with Crippen molar-refractivity contribution in [3.05, 3.63) is 28.3 Å². The number of imidazole rings is 1. The van der Waals surface area contributed by atoms with Crippen LogP contribution in [0.25, 0.3) is 5.78 Å². The van der Waals surface area contributed by atoms with Crippen molar-refractivity contribution in [3.63, 3.8) is 0 Å². The Morgan fingerprint density at radius 3 is 2.81 bits per heavy atom. The van der Waals surface area contributed by atoms with Crippen molar-refractivity contribution >= 4 is 21.7 Å². The lowest BCUT2D eigenvalue weighted by Crippen LogP contribution is -2.01. The van der Waals surface area contributed by atoms with Crippen molar-refractivity contribution in [2.45, 2.75) is 38.5 Å². The molecular formula is C12H14BrN3. The van der Waals surface area contributed by atoms with E-state index in [9.17, 15) is 0 Å². The summed E-state index contributed by atoms with van der Waals surface area (Å²) in [4.78, 5) is 8.98. The lowest BCUT2D eigenvalue weighted by atomic mass is 10.0. The molecule has 0 amide bonds. The Balaban J connectivity index is 2.17. The quantitative estimate of drug-likeness (QED) is 0.742. The average Bonchev–Trinajstić information content (AvgIpc) is 2.55. The van der Waals surface area contributed by atoms with Gasteiger partial charge in [0.2, 0.25) is 5.78 Å². The molecule has 2 aromatic rings. The van der Waals surface area contributed by atoms with Gasteiger partial charge in [0, 0.05) is 18.1 Å². The Kier molecular flexibility index (Phi) is 2.67. The zero-order valence-corrected chi connectivity index (χ0v) is 10.7. The number of halogens is 1. The normalized spacial score (nSPS) is 16.8. The molecule has 0 spiro atoms. The van der Waals surface area contributed by atoms with E-state index in [0.29, 0.717) is 0 Å². The molecule has 0 aromatic carbocycles. The molecule has 84 valence electrons. The zero-order chi connectivity index (χ0) is 11.0. The summed E-state index contributed by atoms with van der Waals surface area (Å²) in [6, 6.07) is 0. The molecule has 0 fully saturated rings. The van der Waals surface area contributed by atoms with Gasteiger partial charge in [-0.3, -0.25) is 4.40 Å². The molecule has 0 N–H and O–H groups in total. The van der Waals surface area contributed by atoms with Gasteiger partial charge in [0.05, 0.1) is 10.2 Å². The molecule has 0 aliphatic heterocycles. The Morgan fingerprint density at radius 2 is 1.94 bits per heavy atom. The number of hydrogen-bond donors (Lipinski definition) is 0. The van der Waals surface area contributed by atoms with Crippen LogP contribution in [0.2, 0.25) is 0 Å². The molecule has 0 atom stereocenters. The maximum Gasteiger partial charge on any atom is 0.234 e. The molecule has 0 saturated heterocycles. The second-order valence-electron chi connectivity index (χ2n) is 4.36. The van der Waals surface area contributed by atoms with Gasteiger partial charge in [-0.05, 0) is 41.6 Å². The van der Waals surface area contributed by atoms with E-state index < -0.39 is 0 Å². The maximum absolute atomic E-state index is 4.63. The van der Waals surface area contributed by atoms with Crippen molar-refractivity contribution in [3.8, 4) is 0 Å². The molecule has 16 heavy (non-hydrogen) atoms. The standard InChI is InChI=1S/C12H14BrN3/c13-9-7-14-12-15-10-5-3-1-2-4-6-11(10)16(12)8-9/h7-8H,1-6H2. The largest absolute Gasteiger partial charge is 0.287 e. The second-order valence-corrected chi connectivity index (χ2v) is 5.28. The molecule has 1 aliphatic rings. The van der Waals surface area contributed by atoms with Crippen LogP contribution in [-0.4, -0.2) is 14.4 Å². The van der Waals surface area contributed by atoms with Gasteiger partial charge in [0.1, 0.15) is 0 Å². The molecule has 2 aromatic heterocycles. The summed E-state index contributed by atoms with van der Waals surface area (Å²) in [5, 5.41) is 0. The highest BCUT2D eigenvalue weighted by atomic mass is 79.9. The zero-order valence-electron chi connectivity index (χ0n) is 9.12. The molecule has 4 heteroatoms. The molecular weight excluding hydrogens is 266 g/mol. The summed E-state index contributed by atoms with van der Waals surface area (Å²) in [5.74, 6) is 0.843. The van der Waals surface area contributed by atoms with Crippen LogP contribution in [0.5, 0.6) is 0 Å². The smallest absolute Gasteiger partial charge is 0.234 e. The van der Waals surface area contributed by atoms with Gasteiger partial charge in [-0.2, -0.15) is 0 Å². The fourth-order valence-corrected chi connectivity index (χ4v) is 2.71. The predicted octanol–water partition coefficient (Wildman–Crippen LogP) is 3.15. The van der Waals surface area contributed by atoms with E-state index >= 15 is 0 Å². The number of aromatic nitrogens is 3. The topological polar surface area (TPSA) is 30.2 Å². The lowest BCUT2D eigenvalue weighted by molar-refractivity contribution is 0.604. The summed E-state index contributed by atoms with van der Waals surface area (Å²) in [6.45, 7) is 0. The van der Waals surface area contributed by atoms with Gasteiger partial charge < -0.3 is 0 Å². The molecule has 2 heterocycles. The highest BCUT2D eigenvalue weighted by molar-refractivity contribution is 9.10. The first-order valence-corrected chi connectivity index (χ1v) is 6.65. The number of hydrogen-bond acceptors (Lipinski definition) is 2. The van der Waals surface area contributed by atoms with Crippen LogP contribution in [0.1, 0.15) is 37.1 Å².